The highest BCUT2D eigenvalue weighted by molar-refractivity contribution is 7.99. The Morgan fingerprint density at radius 1 is 1.48 bits per heavy atom. The van der Waals surface area contributed by atoms with Gasteiger partial charge in [-0.25, -0.2) is 4.98 Å². The number of aliphatic hydroxyl groups is 1. The molecule has 3 rings (SSSR count). The first-order chi connectivity index (χ1) is 10.3. The Bertz CT molecular complexity index is 593. The van der Waals surface area contributed by atoms with E-state index in [4.69, 9.17) is 9.72 Å². The SMILES string of the molecule is CCCn1c(CC(O)C2CSCCO2)nc2ccccc21. The van der Waals surface area contributed by atoms with Gasteiger partial charge < -0.3 is 14.4 Å². The lowest BCUT2D eigenvalue weighted by atomic mass is 10.1. The number of thioether (sulfide) groups is 1. The highest BCUT2D eigenvalue weighted by atomic mass is 32.2. The molecule has 4 nitrogen and oxygen atoms in total. The molecule has 1 aromatic carbocycles. The second-order valence-corrected chi connectivity index (χ2v) is 6.57. The number of aromatic nitrogens is 2. The molecule has 2 atom stereocenters. The number of benzene rings is 1. The van der Waals surface area contributed by atoms with Crippen molar-refractivity contribution in [2.45, 2.75) is 38.5 Å². The van der Waals surface area contributed by atoms with Crippen molar-refractivity contribution in [1.82, 2.24) is 9.55 Å². The molecular weight excluding hydrogens is 284 g/mol. The molecule has 5 heteroatoms. The van der Waals surface area contributed by atoms with E-state index in [0.29, 0.717) is 6.42 Å². The van der Waals surface area contributed by atoms with Crippen molar-refractivity contribution in [2.24, 2.45) is 0 Å². The third kappa shape index (κ3) is 3.25. The van der Waals surface area contributed by atoms with E-state index < -0.39 is 6.10 Å². The lowest BCUT2D eigenvalue weighted by Gasteiger charge is -2.26. The van der Waals surface area contributed by atoms with Crippen molar-refractivity contribution in [3.63, 3.8) is 0 Å². The number of fused-ring (bicyclic) bond motifs is 1. The minimum atomic E-state index is -0.481. The zero-order valence-electron chi connectivity index (χ0n) is 12.4. The van der Waals surface area contributed by atoms with Crippen LogP contribution in [0, 0.1) is 0 Å². The van der Waals surface area contributed by atoms with E-state index in [1.807, 2.05) is 30.0 Å². The van der Waals surface area contributed by atoms with Crippen LogP contribution < -0.4 is 0 Å². The monoisotopic (exact) mass is 306 g/mol. The molecule has 1 N–H and O–H groups in total. The van der Waals surface area contributed by atoms with Gasteiger partial charge in [-0.15, -0.1) is 0 Å². The maximum absolute atomic E-state index is 10.5. The van der Waals surface area contributed by atoms with E-state index in [1.165, 1.54) is 0 Å². The van der Waals surface area contributed by atoms with Gasteiger partial charge >= 0.3 is 0 Å². The zero-order valence-corrected chi connectivity index (χ0v) is 13.2. The van der Waals surface area contributed by atoms with Crippen molar-refractivity contribution in [3.8, 4) is 0 Å². The van der Waals surface area contributed by atoms with Gasteiger partial charge in [0, 0.05) is 24.5 Å². The van der Waals surface area contributed by atoms with Crippen molar-refractivity contribution >= 4 is 22.8 Å². The number of imidazole rings is 1. The Kier molecular flexibility index (Phi) is 4.83. The molecule has 21 heavy (non-hydrogen) atoms. The van der Waals surface area contributed by atoms with Crippen molar-refractivity contribution in [3.05, 3.63) is 30.1 Å². The summed E-state index contributed by atoms with van der Waals surface area (Å²) in [6.45, 7) is 3.83. The summed E-state index contributed by atoms with van der Waals surface area (Å²) in [5, 5.41) is 10.5. The van der Waals surface area contributed by atoms with Gasteiger partial charge in [-0.1, -0.05) is 19.1 Å². The minimum absolute atomic E-state index is 0.0707. The molecule has 1 aliphatic rings. The standard InChI is InChI=1S/C16H22N2O2S/c1-2-7-18-13-6-4-3-5-12(13)17-16(18)10-14(19)15-11-21-9-8-20-15/h3-6,14-15,19H,2,7-11H2,1H3. The van der Waals surface area contributed by atoms with Crippen LogP contribution in [0.15, 0.2) is 24.3 Å². The van der Waals surface area contributed by atoms with Crippen LogP contribution in [0.4, 0.5) is 0 Å². The molecule has 0 spiro atoms. The predicted octanol–water partition coefficient (Wildman–Crippen LogP) is 2.48. The summed E-state index contributed by atoms with van der Waals surface area (Å²) in [4.78, 5) is 4.71. The van der Waals surface area contributed by atoms with Crippen LogP contribution in [-0.4, -0.2) is 45.0 Å². The average Bonchev–Trinajstić information content (AvgIpc) is 2.86. The van der Waals surface area contributed by atoms with Crippen molar-refractivity contribution < 1.29 is 9.84 Å². The van der Waals surface area contributed by atoms with E-state index in [0.717, 1.165) is 47.9 Å². The molecule has 1 fully saturated rings. The largest absolute Gasteiger partial charge is 0.390 e. The first kappa shape index (κ1) is 14.9. The lowest BCUT2D eigenvalue weighted by molar-refractivity contribution is -0.0218. The van der Waals surface area contributed by atoms with Crippen LogP contribution in [0.25, 0.3) is 11.0 Å². The maximum Gasteiger partial charge on any atom is 0.112 e. The number of hydrogen-bond acceptors (Lipinski definition) is 4. The summed E-state index contributed by atoms with van der Waals surface area (Å²) in [7, 11) is 0. The molecular formula is C16H22N2O2S. The quantitative estimate of drug-likeness (QED) is 0.922. The Hall–Kier alpha value is -1.04. The first-order valence-electron chi connectivity index (χ1n) is 7.61. The minimum Gasteiger partial charge on any atom is -0.390 e. The second-order valence-electron chi connectivity index (χ2n) is 5.42. The van der Waals surface area contributed by atoms with Crippen LogP contribution in [-0.2, 0) is 17.7 Å². The van der Waals surface area contributed by atoms with Crippen LogP contribution >= 0.6 is 11.8 Å². The van der Waals surface area contributed by atoms with Crippen molar-refractivity contribution in [2.75, 3.05) is 18.1 Å². The summed E-state index contributed by atoms with van der Waals surface area (Å²) >= 11 is 1.85. The molecule has 0 aliphatic carbocycles. The Morgan fingerprint density at radius 2 is 2.33 bits per heavy atom. The molecule has 114 valence electrons. The molecule has 0 radical (unpaired) electrons. The molecule has 0 bridgehead atoms. The number of aliphatic hydroxyl groups excluding tert-OH is 1. The van der Waals surface area contributed by atoms with Gasteiger partial charge in [-0.05, 0) is 18.6 Å². The van der Waals surface area contributed by atoms with Crippen molar-refractivity contribution in [1.29, 1.82) is 0 Å². The summed E-state index contributed by atoms with van der Waals surface area (Å²) in [6, 6.07) is 8.18. The van der Waals surface area contributed by atoms with Gasteiger partial charge in [0.25, 0.3) is 0 Å². The summed E-state index contributed by atoms with van der Waals surface area (Å²) in [5.74, 6) is 2.86. The molecule has 2 unspecified atom stereocenters. The van der Waals surface area contributed by atoms with Gasteiger partial charge in [-0.2, -0.15) is 11.8 Å². The third-order valence-corrected chi connectivity index (χ3v) is 4.86. The summed E-state index contributed by atoms with van der Waals surface area (Å²) in [5.41, 5.74) is 2.16. The number of para-hydroxylation sites is 2. The summed E-state index contributed by atoms with van der Waals surface area (Å²) in [6.07, 6.45) is 1.06. The van der Waals surface area contributed by atoms with Crippen LogP contribution in [0.5, 0.6) is 0 Å². The second kappa shape index (κ2) is 6.81. The predicted molar refractivity (Wildman–Crippen MR) is 86.8 cm³/mol. The van der Waals surface area contributed by atoms with E-state index in [1.54, 1.807) is 0 Å². The molecule has 2 heterocycles. The summed E-state index contributed by atoms with van der Waals surface area (Å²) < 4.78 is 7.91. The topological polar surface area (TPSA) is 47.3 Å². The number of hydrogen-bond donors (Lipinski definition) is 1. The van der Waals surface area contributed by atoms with E-state index >= 15 is 0 Å². The zero-order chi connectivity index (χ0) is 14.7. The van der Waals surface area contributed by atoms with Gasteiger partial charge in [0.2, 0.25) is 0 Å². The Labute approximate surface area is 129 Å². The normalized spacial score (nSPS) is 20.8. The average molecular weight is 306 g/mol. The highest BCUT2D eigenvalue weighted by Gasteiger charge is 2.25. The number of aryl methyl sites for hydroxylation is 1. The fourth-order valence-electron chi connectivity index (χ4n) is 2.80. The molecule has 1 aromatic heterocycles. The smallest absolute Gasteiger partial charge is 0.112 e. The fourth-order valence-corrected chi connectivity index (χ4v) is 3.73. The number of rotatable bonds is 5. The Balaban J connectivity index is 1.83. The third-order valence-electron chi connectivity index (χ3n) is 3.84. The Morgan fingerprint density at radius 3 is 3.10 bits per heavy atom. The van der Waals surface area contributed by atoms with Gasteiger partial charge in [-0.3, -0.25) is 0 Å². The van der Waals surface area contributed by atoms with Crippen LogP contribution in [0.1, 0.15) is 19.2 Å². The van der Waals surface area contributed by atoms with Crippen LogP contribution in [0.3, 0.4) is 0 Å². The van der Waals surface area contributed by atoms with E-state index in [2.05, 4.69) is 17.6 Å². The molecule has 2 aromatic rings. The molecule has 1 aliphatic heterocycles. The van der Waals surface area contributed by atoms with Gasteiger partial charge in [0.1, 0.15) is 5.82 Å². The number of nitrogens with zero attached hydrogens (tertiary/aromatic N) is 2. The van der Waals surface area contributed by atoms with Crippen LogP contribution in [0.2, 0.25) is 0 Å². The van der Waals surface area contributed by atoms with Gasteiger partial charge in [0.05, 0.1) is 29.8 Å². The fraction of sp³-hybridized carbons (Fsp3) is 0.562. The molecule has 1 saturated heterocycles. The maximum atomic E-state index is 10.5. The molecule has 0 saturated carbocycles. The lowest BCUT2D eigenvalue weighted by Crippen LogP contribution is -2.37. The number of ether oxygens (including phenoxy) is 1. The van der Waals surface area contributed by atoms with Gasteiger partial charge in [0.15, 0.2) is 0 Å². The highest BCUT2D eigenvalue weighted by Crippen LogP contribution is 2.21. The van der Waals surface area contributed by atoms with E-state index in [9.17, 15) is 5.11 Å². The van der Waals surface area contributed by atoms with E-state index in [-0.39, 0.29) is 6.10 Å². The first-order valence-corrected chi connectivity index (χ1v) is 8.76. The molecule has 0 amide bonds.